The van der Waals surface area contributed by atoms with Gasteiger partial charge in [-0.05, 0) is 39.7 Å². The number of carbonyl (C=O) groups excluding carboxylic acids is 1. The van der Waals surface area contributed by atoms with E-state index in [1.807, 2.05) is 46.3 Å². The third-order valence-corrected chi connectivity index (χ3v) is 4.75. The minimum Gasteiger partial charge on any atom is -0.316 e. The van der Waals surface area contributed by atoms with Gasteiger partial charge in [0.1, 0.15) is 5.00 Å². The summed E-state index contributed by atoms with van der Waals surface area (Å²) in [4.78, 5) is 16.7. The second-order valence-corrected chi connectivity index (χ2v) is 6.72. The van der Waals surface area contributed by atoms with Gasteiger partial charge in [-0.25, -0.2) is 4.98 Å². The van der Waals surface area contributed by atoms with E-state index in [0.717, 1.165) is 32.7 Å². The lowest BCUT2D eigenvalue weighted by atomic mass is 9.99. The van der Waals surface area contributed by atoms with Crippen molar-refractivity contribution in [3.8, 4) is 0 Å². The molecule has 0 aliphatic rings. The maximum atomic E-state index is 12.3. The summed E-state index contributed by atoms with van der Waals surface area (Å²) in [6.07, 6.45) is 0.703. The zero-order valence-corrected chi connectivity index (χ0v) is 14.3. The summed E-state index contributed by atoms with van der Waals surface area (Å²) in [5.41, 5.74) is 4.17. The predicted octanol–water partition coefficient (Wildman–Crippen LogP) is 2.93. The van der Waals surface area contributed by atoms with Crippen molar-refractivity contribution < 1.29 is 4.79 Å². The monoisotopic (exact) mass is 306 g/mol. The third-order valence-electron chi connectivity index (χ3n) is 3.76. The first kappa shape index (κ1) is 15.7. The molecule has 1 atom stereocenters. The Labute approximate surface area is 129 Å². The van der Waals surface area contributed by atoms with Crippen molar-refractivity contribution in [1.29, 1.82) is 0 Å². The minimum atomic E-state index is -0.103. The normalized spacial score (nSPS) is 12.5. The number of anilines is 1. The number of thiazole rings is 1. The minimum absolute atomic E-state index is 0.0319. The van der Waals surface area contributed by atoms with Crippen LogP contribution in [0.15, 0.2) is 0 Å². The van der Waals surface area contributed by atoms with Crippen LogP contribution in [-0.4, -0.2) is 20.7 Å². The van der Waals surface area contributed by atoms with E-state index < -0.39 is 0 Å². The highest BCUT2D eigenvalue weighted by Crippen LogP contribution is 2.24. The number of nitrogens with zero attached hydrogens (tertiary/aromatic N) is 3. The molecular weight excluding hydrogens is 284 g/mol. The number of amides is 1. The molecule has 0 fully saturated rings. The van der Waals surface area contributed by atoms with Crippen molar-refractivity contribution >= 4 is 22.2 Å². The van der Waals surface area contributed by atoms with Gasteiger partial charge in [0.15, 0.2) is 0 Å². The van der Waals surface area contributed by atoms with Crippen LogP contribution < -0.4 is 5.32 Å². The molecular formula is C15H22N4OS. The summed E-state index contributed by atoms with van der Waals surface area (Å²) in [5, 5.41) is 9.21. The molecule has 0 aromatic carbocycles. The SMILES string of the molecule is Cc1nc(C)c(NC(=O)[C@@H](C)Cc2c(C)nn(C)c2C)s1. The predicted molar refractivity (Wildman–Crippen MR) is 85.8 cm³/mol. The molecule has 2 rings (SSSR count). The molecule has 114 valence electrons. The van der Waals surface area contributed by atoms with Crippen molar-refractivity contribution in [2.24, 2.45) is 13.0 Å². The van der Waals surface area contributed by atoms with Crippen LogP contribution >= 0.6 is 11.3 Å². The van der Waals surface area contributed by atoms with Crippen LogP contribution in [0.1, 0.15) is 34.6 Å². The number of hydrogen-bond acceptors (Lipinski definition) is 4. The zero-order valence-electron chi connectivity index (χ0n) is 13.4. The molecule has 2 heterocycles. The van der Waals surface area contributed by atoms with Crippen LogP contribution in [0.2, 0.25) is 0 Å². The van der Waals surface area contributed by atoms with Gasteiger partial charge in [-0.3, -0.25) is 9.48 Å². The van der Waals surface area contributed by atoms with Crippen molar-refractivity contribution in [2.45, 2.75) is 41.0 Å². The van der Waals surface area contributed by atoms with Gasteiger partial charge in [-0.15, -0.1) is 11.3 Å². The maximum absolute atomic E-state index is 12.3. The van der Waals surface area contributed by atoms with Gasteiger partial charge in [0.2, 0.25) is 5.91 Å². The largest absolute Gasteiger partial charge is 0.316 e. The lowest BCUT2D eigenvalue weighted by molar-refractivity contribution is -0.119. The van der Waals surface area contributed by atoms with Gasteiger partial charge >= 0.3 is 0 Å². The molecule has 6 heteroatoms. The molecule has 0 aliphatic heterocycles. The van der Waals surface area contributed by atoms with Gasteiger partial charge in [0.05, 0.1) is 16.4 Å². The molecule has 0 saturated carbocycles. The number of hydrogen-bond donors (Lipinski definition) is 1. The molecule has 0 saturated heterocycles. The zero-order chi connectivity index (χ0) is 15.7. The van der Waals surface area contributed by atoms with Gasteiger partial charge in [0.25, 0.3) is 0 Å². The Kier molecular flexibility index (Phi) is 4.46. The van der Waals surface area contributed by atoms with Gasteiger partial charge in [0, 0.05) is 18.7 Å². The molecule has 0 unspecified atom stereocenters. The van der Waals surface area contributed by atoms with E-state index in [0.29, 0.717) is 6.42 Å². The van der Waals surface area contributed by atoms with Crippen LogP contribution in [0.4, 0.5) is 5.00 Å². The fourth-order valence-corrected chi connectivity index (χ4v) is 3.22. The number of rotatable bonds is 4. The summed E-state index contributed by atoms with van der Waals surface area (Å²) in [5.74, 6) is -0.0715. The van der Waals surface area contributed by atoms with Crippen LogP contribution in [-0.2, 0) is 18.3 Å². The topological polar surface area (TPSA) is 59.8 Å². The average molecular weight is 306 g/mol. The molecule has 21 heavy (non-hydrogen) atoms. The van der Waals surface area contributed by atoms with Crippen molar-refractivity contribution in [1.82, 2.24) is 14.8 Å². The Balaban J connectivity index is 2.08. The molecule has 2 aromatic rings. The second-order valence-electron chi connectivity index (χ2n) is 5.51. The molecule has 5 nitrogen and oxygen atoms in total. The molecule has 1 amide bonds. The lowest BCUT2D eigenvalue weighted by Gasteiger charge is -2.12. The fourth-order valence-electron chi connectivity index (χ4n) is 2.39. The Hall–Kier alpha value is -1.69. The molecule has 0 aliphatic carbocycles. The van der Waals surface area contributed by atoms with Crippen molar-refractivity contribution in [3.63, 3.8) is 0 Å². The molecule has 0 spiro atoms. The van der Waals surface area contributed by atoms with E-state index in [-0.39, 0.29) is 11.8 Å². The third kappa shape index (κ3) is 3.32. The van der Waals surface area contributed by atoms with E-state index in [2.05, 4.69) is 15.4 Å². The van der Waals surface area contributed by atoms with E-state index in [4.69, 9.17) is 0 Å². The van der Waals surface area contributed by atoms with Crippen LogP contribution in [0.3, 0.4) is 0 Å². The molecule has 0 radical (unpaired) electrons. The number of aromatic nitrogens is 3. The molecule has 2 aromatic heterocycles. The Morgan fingerprint density at radius 2 is 1.95 bits per heavy atom. The highest BCUT2D eigenvalue weighted by molar-refractivity contribution is 7.16. The van der Waals surface area contributed by atoms with E-state index in [1.54, 1.807) is 0 Å². The van der Waals surface area contributed by atoms with Crippen LogP contribution in [0.5, 0.6) is 0 Å². The van der Waals surface area contributed by atoms with Crippen LogP contribution in [0.25, 0.3) is 0 Å². The summed E-state index contributed by atoms with van der Waals surface area (Å²) in [7, 11) is 1.93. The van der Waals surface area contributed by atoms with E-state index in [1.165, 1.54) is 11.3 Å². The second kappa shape index (κ2) is 5.97. The van der Waals surface area contributed by atoms with Crippen molar-refractivity contribution in [3.05, 3.63) is 27.7 Å². The quantitative estimate of drug-likeness (QED) is 0.945. The first-order valence-electron chi connectivity index (χ1n) is 7.03. The maximum Gasteiger partial charge on any atom is 0.228 e. The highest BCUT2D eigenvalue weighted by atomic mass is 32.1. The fraction of sp³-hybridized carbons (Fsp3) is 0.533. The summed E-state index contributed by atoms with van der Waals surface area (Å²) in [6.45, 7) is 9.84. The standard InChI is InChI=1S/C15H22N4OS/c1-8(7-13-9(2)18-19(6)11(13)4)14(20)17-15-10(3)16-12(5)21-15/h8H,7H2,1-6H3,(H,17,20)/t8-/m0/s1. The van der Waals surface area contributed by atoms with E-state index in [9.17, 15) is 4.79 Å². The summed E-state index contributed by atoms with van der Waals surface area (Å²) < 4.78 is 1.87. The van der Waals surface area contributed by atoms with Crippen LogP contribution in [0, 0.1) is 33.6 Å². The Morgan fingerprint density at radius 3 is 2.43 bits per heavy atom. The Bertz CT molecular complexity index is 672. The average Bonchev–Trinajstić information content (AvgIpc) is 2.83. The molecule has 0 bridgehead atoms. The first-order chi connectivity index (χ1) is 9.79. The number of aryl methyl sites for hydroxylation is 4. The van der Waals surface area contributed by atoms with Gasteiger partial charge in [-0.2, -0.15) is 5.10 Å². The number of nitrogens with one attached hydrogen (secondary N) is 1. The van der Waals surface area contributed by atoms with Gasteiger partial charge in [-0.1, -0.05) is 6.92 Å². The smallest absolute Gasteiger partial charge is 0.228 e. The summed E-state index contributed by atoms with van der Waals surface area (Å²) >= 11 is 1.52. The Morgan fingerprint density at radius 1 is 1.29 bits per heavy atom. The van der Waals surface area contributed by atoms with Crippen molar-refractivity contribution in [2.75, 3.05) is 5.32 Å². The summed E-state index contributed by atoms with van der Waals surface area (Å²) in [6, 6.07) is 0. The molecule has 1 N–H and O–H groups in total. The van der Waals surface area contributed by atoms with Gasteiger partial charge < -0.3 is 5.32 Å². The first-order valence-corrected chi connectivity index (χ1v) is 7.85. The lowest BCUT2D eigenvalue weighted by Crippen LogP contribution is -2.22. The van der Waals surface area contributed by atoms with E-state index >= 15 is 0 Å². The highest BCUT2D eigenvalue weighted by Gasteiger charge is 2.19. The number of carbonyl (C=O) groups is 1.